The van der Waals surface area contributed by atoms with Crippen molar-refractivity contribution in [2.45, 2.75) is 84.8 Å². The van der Waals surface area contributed by atoms with Gasteiger partial charge in [-0.3, -0.25) is 9.78 Å². The molecule has 0 saturated carbocycles. The largest absolute Gasteiger partial charge is 0.381 e. The molecule has 0 aromatic carbocycles. The molecular weight excluding hydrogens is 442 g/mol. The zero-order chi connectivity index (χ0) is 21.7. The van der Waals surface area contributed by atoms with E-state index in [9.17, 15) is 4.79 Å². The second kappa shape index (κ2) is 10.6. The molecule has 1 aromatic rings. The molecule has 1 aromatic heterocycles. The van der Waals surface area contributed by atoms with Crippen LogP contribution in [-0.4, -0.2) is 47.6 Å². The average molecular weight is 480 g/mol. The first kappa shape index (κ1) is 23.7. The summed E-state index contributed by atoms with van der Waals surface area (Å²) in [5.74, 6) is 0.594. The Morgan fingerprint density at radius 3 is 2.80 bits per heavy atom. The average Bonchev–Trinajstić information content (AvgIpc) is 2.75. The van der Waals surface area contributed by atoms with Crippen LogP contribution in [0.4, 0.5) is 0 Å². The Hall–Kier alpha value is -0.980. The molecule has 1 saturated heterocycles. The number of carbonyl (C=O) groups excluding carboxylic acids is 1. The molecule has 3 heterocycles. The van der Waals surface area contributed by atoms with Crippen LogP contribution in [0.15, 0.2) is 16.7 Å². The van der Waals surface area contributed by atoms with E-state index < -0.39 is 0 Å². The molecule has 2 atom stereocenters. The summed E-state index contributed by atoms with van der Waals surface area (Å²) in [5, 5.41) is 3.84. The lowest BCUT2D eigenvalue weighted by atomic mass is 9.73. The predicted molar refractivity (Wildman–Crippen MR) is 124 cm³/mol. The molecule has 2 aliphatic rings. The van der Waals surface area contributed by atoms with Crippen molar-refractivity contribution in [3.63, 3.8) is 0 Å². The Morgan fingerprint density at radius 2 is 2.13 bits per heavy atom. The Balaban J connectivity index is 1.64. The van der Waals surface area contributed by atoms with Gasteiger partial charge >= 0.3 is 0 Å². The molecule has 0 spiro atoms. The van der Waals surface area contributed by atoms with Gasteiger partial charge in [0.05, 0.1) is 0 Å². The third-order valence-electron chi connectivity index (χ3n) is 7.25. The maximum atomic E-state index is 13.7. The summed E-state index contributed by atoms with van der Waals surface area (Å²) in [6, 6.07) is 3.12. The van der Waals surface area contributed by atoms with Crippen molar-refractivity contribution in [1.29, 1.82) is 0 Å². The summed E-state index contributed by atoms with van der Waals surface area (Å²) in [6.45, 7) is 12.0. The van der Waals surface area contributed by atoms with Crippen molar-refractivity contribution in [1.82, 2.24) is 15.2 Å². The van der Waals surface area contributed by atoms with Crippen LogP contribution in [0.25, 0.3) is 0 Å². The van der Waals surface area contributed by atoms with Gasteiger partial charge in [-0.2, -0.15) is 0 Å². The predicted octanol–water partition coefficient (Wildman–Crippen LogP) is 4.72. The molecule has 5 nitrogen and oxygen atoms in total. The van der Waals surface area contributed by atoms with Crippen LogP contribution in [0.2, 0.25) is 0 Å². The quantitative estimate of drug-likeness (QED) is 0.585. The molecule has 6 heteroatoms. The SMILES string of the molecule is CCC(CC[C@@](C)(C(=O)N1CCc2ncc(Br)cc2C1)C(C)C)NC1CCOCC1. The van der Waals surface area contributed by atoms with Crippen LogP contribution < -0.4 is 5.32 Å². The summed E-state index contributed by atoms with van der Waals surface area (Å²) in [6.07, 6.45) is 7.91. The van der Waals surface area contributed by atoms with E-state index in [1.54, 1.807) is 0 Å². The van der Waals surface area contributed by atoms with Crippen molar-refractivity contribution in [2.24, 2.45) is 11.3 Å². The molecule has 0 radical (unpaired) electrons. The first-order chi connectivity index (χ1) is 14.3. The van der Waals surface area contributed by atoms with Crippen LogP contribution in [0.5, 0.6) is 0 Å². The number of carbonyl (C=O) groups is 1. The number of ether oxygens (including phenoxy) is 1. The van der Waals surface area contributed by atoms with E-state index in [1.165, 1.54) is 5.56 Å². The van der Waals surface area contributed by atoms with E-state index in [1.807, 2.05) is 6.20 Å². The van der Waals surface area contributed by atoms with Gasteiger partial charge in [-0.1, -0.05) is 27.7 Å². The van der Waals surface area contributed by atoms with Gasteiger partial charge in [0, 0.05) is 66.6 Å². The number of rotatable bonds is 8. The first-order valence-corrected chi connectivity index (χ1v) is 12.4. The zero-order valence-electron chi connectivity index (χ0n) is 19.0. The minimum atomic E-state index is -0.346. The van der Waals surface area contributed by atoms with Crippen LogP contribution in [0, 0.1) is 11.3 Å². The van der Waals surface area contributed by atoms with Crippen LogP contribution in [0.1, 0.15) is 71.1 Å². The molecule has 3 rings (SSSR count). The summed E-state index contributed by atoms with van der Waals surface area (Å²) >= 11 is 3.52. The number of nitrogens with zero attached hydrogens (tertiary/aromatic N) is 2. The molecule has 0 bridgehead atoms. The minimum absolute atomic E-state index is 0.295. The van der Waals surface area contributed by atoms with Crippen molar-refractivity contribution >= 4 is 21.8 Å². The second-order valence-electron chi connectivity index (χ2n) is 9.51. The van der Waals surface area contributed by atoms with E-state index >= 15 is 0 Å². The monoisotopic (exact) mass is 479 g/mol. The third kappa shape index (κ3) is 5.63. The van der Waals surface area contributed by atoms with E-state index in [2.05, 4.69) is 64.9 Å². The van der Waals surface area contributed by atoms with Gasteiger partial charge in [-0.15, -0.1) is 0 Å². The number of halogens is 1. The minimum Gasteiger partial charge on any atom is -0.381 e. The van der Waals surface area contributed by atoms with Crippen LogP contribution in [-0.2, 0) is 22.5 Å². The number of hydrogen-bond acceptors (Lipinski definition) is 4. The van der Waals surface area contributed by atoms with Gasteiger partial charge in [0.1, 0.15) is 0 Å². The topological polar surface area (TPSA) is 54.5 Å². The highest BCUT2D eigenvalue weighted by atomic mass is 79.9. The number of amides is 1. The maximum absolute atomic E-state index is 13.7. The fourth-order valence-electron chi connectivity index (χ4n) is 4.65. The van der Waals surface area contributed by atoms with Crippen LogP contribution >= 0.6 is 15.9 Å². The van der Waals surface area contributed by atoms with Gasteiger partial charge in [-0.05, 0) is 65.6 Å². The summed E-state index contributed by atoms with van der Waals surface area (Å²) < 4.78 is 6.47. The summed E-state index contributed by atoms with van der Waals surface area (Å²) in [5.41, 5.74) is 1.95. The lowest BCUT2D eigenvalue weighted by Gasteiger charge is -2.40. The number of aromatic nitrogens is 1. The molecular formula is C24H38BrN3O2. The maximum Gasteiger partial charge on any atom is 0.229 e. The number of fused-ring (bicyclic) bond motifs is 1. The Kier molecular flexibility index (Phi) is 8.33. The third-order valence-corrected chi connectivity index (χ3v) is 7.69. The number of hydrogen-bond donors (Lipinski definition) is 1. The van der Waals surface area contributed by atoms with Crippen molar-refractivity contribution < 1.29 is 9.53 Å². The van der Waals surface area contributed by atoms with Crippen molar-refractivity contribution in [3.05, 3.63) is 28.0 Å². The highest BCUT2D eigenvalue weighted by Gasteiger charge is 2.40. The fourth-order valence-corrected chi connectivity index (χ4v) is 5.03. The first-order valence-electron chi connectivity index (χ1n) is 11.6. The molecule has 168 valence electrons. The van der Waals surface area contributed by atoms with E-state index in [0.29, 0.717) is 30.5 Å². The van der Waals surface area contributed by atoms with Gasteiger partial charge in [0.25, 0.3) is 0 Å². The lowest BCUT2D eigenvalue weighted by Crippen LogP contribution is -2.48. The zero-order valence-corrected chi connectivity index (χ0v) is 20.6. The highest BCUT2D eigenvalue weighted by molar-refractivity contribution is 9.10. The lowest BCUT2D eigenvalue weighted by molar-refractivity contribution is -0.145. The van der Waals surface area contributed by atoms with Gasteiger partial charge in [0.2, 0.25) is 5.91 Å². The standard InChI is InChI=1S/C24H38BrN3O2/c1-5-20(27-21-8-12-30-13-9-21)6-10-24(4,17(2)3)23(29)28-11-7-22-18(16-28)14-19(25)15-26-22/h14-15,17,20-21,27H,5-13,16H2,1-4H3/t20?,24-/m1/s1. The molecule has 2 aliphatic heterocycles. The Labute approximate surface area is 190 Å². The summed E-state index contributed by atoms with van der Waals surface area (Å²) in [7, 11) is 0. The van der Waals surface area contributed by atoms with E-state index in [0.717, 1.165) is 68.5 Å². The van der Waals surface area contributed by atoms with Crippen molar-refractivity contribution in [2.75, 3.05) is 19.8 Å². The van der Waals surface area contributed by atoms with E-state index in [-0.39, 0.29) is 5.41 Å². The van der Waals surface area contributed by atoms with Gasteiger partial charge < -0.3 is 15.0 Å². The summed E-state index contributed by atoms with van der Waals surface area (Å²) in [4.78, 5) is 20.3. The number of pyridine rings is 1. The molecule has 30 heavy (non-hydrogen) atoms. The molecule has 1 fully saturated rings. The van der Waals surface area contributed by atoms with Crippen molar-refractivity contribution in [3.8, 4) is 0 Å². The Bertz CT molecular complexity index is 720. The van der Waals surface area contributed by atoms with Gasteiger partial charge in [-0.25, -0.2) is 0 Å². The molecule has 1 amide bonds. The smallest absolute Gasteiger partial charge is 0.229 e. The second-order valence-corrected chi connectivity index (χ2v) is 10.4. The molecule has 1 N–H and O–H groups in total. The number of nitrogens with one attached hydrogen (secondary N) is 1. The molecule has 1 unspecified atom stereocenters. The highest BCUT2D eigenvalue weighted by Crippen LogP contribution is 2.37. The fraction of sp³-hybridized carbons (Fsp3) is 0.750. The van der Waals surface area contributed by atoms with E-state index in [4.69, 9.17) is 4.74 Å². The molecule has 0 aliphatic carbocycles. The normalized spacial score (nSPS) is 20.7. The Morgan fingerprint density at radius 1 is 1.40 bits per heavy atom. The van der Waals surface area contributed by atoms with Gasteiger partial charge in [0.15, 0.2) is 0 Å². The van der Waals surface area contributed by atoms with Crippen LogP contribution in [0.3, 0.4) is 0 Å².